The van der Waals surface area contributed by atoms with Gasteiger partial charge in [0, 0.05) is 24.4 Å². The molecule has 0 radical (unpaired) electrons. The molecule has 0 saturated carbocycles. The second-order valence-electron chi connectivity index (χ2n) is 5.66. The van der Waals surface area contributed by atoms with Crippen molar-refractivity contribution in [2.75, 3.05) is 32.1 Å². The van der Waals surface area contributed by atoms with Gasteiger partial charge in [0.25, 0.3) is 0 Å². The number of hydrogen-bond donors (Lipinski definition) is 0. The Morgan fingerprint density at radius 3 is 2.38 bits per heavy atom. The van der Waals surface area contributed by atoms with E-state index in [2.05, 4.69) is 79.3 Å². The molecule has 2 aromatic rings. The van der Waals surface area contributed by atoms with Crippen LogP contribution in [0.3, 0.4) is 0 Å². The maximum Gasteiger partial charge on any atom is 0.0870 e. The Morgan fingerprint density at radius 2 is 1.62 bits per heavy atom. The molecule has 1 aliphatic rings. The van der Waals surface area contributed by atoms with E-state index >= 15 is 0 Å². The van der Waals surface area contributed by atoms with Crippen LogP contribution in [0.2, 0.25) is 0 Å². The number of para-hydroxylation sites is 3. The van der Waals surface area contributed by atoms with Crippen molar-refractivity contribution in [3.05, 3.63) is 54.1 Å². The van der Waals surface area contributed by atoms with Crippen LogP contribution in [-0.2, 0) is 0 Å². The normalized spacial score (nSPS) is 13.5. The molecule has 0 aliphatic carbocycles. The molecule has 3 rings (SSSR count). The number of benzene rings is 2. The predicted octanol–water partition coefficient (Wildman–Crippen LogP) is 3.84. The Kier molecular flexibility index (Phi) is 3.76. The minimum absolute atomic E-state index is 0.948. The Hall–Kier alpha value is -2.13. The number of rotatable bonds is 3. The molecule has 21 heavy (non-hydrogen) atoms. The first-order valence-electron chi connectivity index (χ1n) is 7.33. The molecule has 0 N–H and O–H groups in total. The molecule has 0 bridgehead atoms. The quantitative estimate of drug-likeness (QED) is 0.850. The van der Waals surface area contributed by atoms with E-state index in [1.54, 1.807) is 0 Å². The van der Waals surface area contributed by atoms with Crippen LogP contribution < -0.4 is 4.90 Å². The van der Waals surface area contributed by atoms with Crippen molar-refractivity contribution in [1.29, 1.82) is 0 Å². The minimum atomic E-state index is 0.948. The van der Waals surface area contributed by atoms with Crippen LogP contribution in [0.15, 0.2) is 53.5 Å². The molecule has 0 unspecified atom stereocenters. The van der Waals surface area contributed by atoms with E-state index in [9.17, 15) is 0 Å². The van der Waals surface area contributed by atoms with E-state index in [0.29, 0.717) is 0 Å². The molecule has 1 aliphatic heterocycles. The summed E-state index contributed by atoms with van der Waals surface area (Å²) in [6.07, 6.45) is 0. The molecular formula is C18H21N3. The van der Waals surface area contributed by atoms with Crippen molar-refractivity contribution in [2.24, 2.45) is 4.99 Å². The lowest BCUT2D eigenvalue weighted by molar-refractivity contribution is 0.419. The lowest BCUT2D eigenvalue weighted by atomic mass is 10.1. The largest absolute Gasteiger partial charge is 0.338 e. The van der Waals surface area contributed by atoms with Crippen LogP contribution in [0.1, 0.15) is 12.5 Å². The Balaban J connectivity index is 2.14. The summed E-state index contributed by atoms with van der Waals surface area (Å²) in [7, 11) is 4.22. The van der Waals surface area contributed by atoms with E-state index < -0.39 is 0 Å². The van der Waals surface area contributed by atoms with Gasteiger partial charge in [0.15, 0.2) is 0 Å². The molecule has 1 heterocycles. The number of hydrogen-bond acceptors (Lipinski definition) is 3. The highest BCUT2D eigenvalue weighted by Crippen LogP contribution is 2.38. The highest BCUT2D eigenvalue weighted by molar-refractivity contribution is 6.08. The van der Waals surface area contributed by atoms with Gasteiger partial charge in [-0.05, 0) is 39.2 Å². The number of fused-ring (bicyclic) bond motifs is 2. The summed E-state index contributed by atoms with van der Waals surface area (Å²) >= 11 is 0. The Labute approximate surface area is 126 Å². The van der Waals surface area contributed by atoms with Gasteiger partial charge in [-0.15, -0.1) is 0 Å². The molecule has 0 fully saturated rings. The van der Waals surface area contributed by atoms with Crippen molar-refractivity contribution in [2.45, 2.75) is 6.92 Å². The molecule has 2 aromatic carbocycles. The fourth-order valence-corrected chi connectivity index (χ4v) is 2.71. The Morgan fingerprint density at radius 1 is 0.952 bits per heavy atom. The number of aliphatic imine (C=N–C) groups is 1. The van der Waals surface area contributed by atoms with Crippen molar-refractivity contribution in [3.8, 4) is 0 Å². The highest BCUT2D eigenvalue weighted by atomic mass is 15.2. The van der Waals surface area contributed by atoms with Gasteiger partial charge < -0.3 is 9.80 Å². The smallest absolute Gasteiger partial charge is 0.0870 e. The minimum Gasteiger partial charge on any atom is -0.338 e. The zero-order valence-corrected chi connectivity index (χ0v) is 12.9. The maximum absolute atomic E-state index is 4.82. The zero-order valence-electron chi connectivity index (χ0n) is 12.9. The third-order valence-corrected chi connectivity index (χ3v) is 3.82. The summed E-state index contributed by atoms with van der Waals surface area (Å²) in [5.74, 6) is 0. The SMILES string of the molecule is CC1=Nc2ccccc2N(CCN(C)C)c2ccccc21. The second kappa shape index (κ2) is 5.70. The molecule has 3 heteroatoms. The van der Waals surface area contributed by atoms with Crippen LogP contribution in [0, 0.1) is 0 Å². The maximum atomic E-state index is 4.82. The molecule has 0 amide bonds. The van der Waals surface area contributed by atoms with Crippen molar-refractivity contribution < 1.29 is 0 Å². The molecule has 0 saturated heterocycles. The molecule has 108 valence electrons. The standard InChI is InChI=1S/C18H21N3/c1-14-15-8-4-6-10-17(15)21(13-12-20(2)3)18-11-7-5-9-16(18)19-14/h4-11H,12-13H2,1-3H3. The Bertz CT molecular complexity index is 674. The van der Waals surface area contributed by atoms with Gasteiger partial charge in [-0.1, -0.05) is 30.3 Å². The average molecular weight is 279 g/mol. The summed E-state index contributed by atoms with van der Waals surface area (Å²) in [5, 5.41) is 0. The number of anilines is 2. The number of likely N-dealkylation sites (N-methyl/N-ethyl adjacent to an activating group) is 1. The van der Waals surface area contributed by atoms with Crippen LogP contribution in [-0.4, -0.2) is 37.8 Å². The van der Waals surface area contributed by atoms with Crippen molar-refractivity contribution >= 4 is 22.8 Å². The molecular weight excluding hydrogens is 258 g/mol. The fraction of sp³-hybridized carbons (Fsp3) is 0.278. The first kappa shape index (κ1) is 13.8. The topological polar surface area (TPSA) is 18.8 Å². The van der Waals surface area contributed by atoms with Crippen LogP contribution in [0.5, 0.6) is 0 Å². The summed E-state index contributed by atoms with van der Waals surface area (Å²) in [6.45, 7) is 4.04. The van der Waals surface area contributed by atoms with Crippen LogP contribution >= 0.6 is 0 Å². The van der Waals surface area contributed by atoms with Gasteiger partial charge in [0.2, 0.25) is 0 Å². The molecule has 3 nitrogen and oxygen atoms in total. The van der Waals surface area contributed by atoms with E-state index in [0.717, 1.165) is 24.5 Å². The van der Waals surface area contributed by atoms with Gasteiger partial charge in [-0.2, -0.15) is 0 Å². The lowest BCUT2D eigenvalue weighted by Gasteiger charge is -2.27. The monoisotopic (exact) mass is 279 g/mol. The summed E-state index contributed by atoms with van der Waals surface area (Å²) in [6, 6.07) is 16.9. The lowest BCUT2D eigenvalue weighted by Crippen LogP contribution is -2.28. The summed E-state index contributed by atoms with van der Waals surface area (Å²) in [4.78, 5) is 9.41. The molecule has 0 aromatic heterocycles. The van der Waals surface area contributed by atoms with Crippen molar-refractivity contribution in [1.82, 2.24) is 4.90 Å². The first-order chi connectivity index (χ1) is 10.2. The van der Waals surface area contributed by atoms with Crippen LogP contribution in [0.4, 0.5) is 17.1 Å². The van der Waals surface area contributed by atoms with Gasteiger partial charge in [0.05, 0.1) is 17.1 Å². The van der Waals surface area contributed by atoms with E-state index in [1.165, 1.54) is 16.9 Å². The van der Waals surface area contributed by atoms with Gasteiger partial charge >= 0.3 is 0 Å². The molecule has 0 atom stereocenters. The predicted molar refractivity (Wildman–Crippen MR) is 90.3 cm³/mol. The van der Waals surface area contributed by atoms with Gasteiger partial charge in [-0.25, -0.2) is 0 Å². The fourth-order valence-electron chi connectivity index (χ4n) is 2.71. The van der Waals surface area contributed by atoms with Crippen molar-refractivity contribution in [3.63, 3.8) is 0 Å². The first-order valence-corrected chi connectivity index (χ1v) is 7.33. The summed E-state index contributed by atoms with van der Waals surface area (Å²) in [5.41, 5.74) is 5.76. The zero-order chi connectivity index (χ0) is 14.8. The van der Waals surface area contributed by atoms with E-state index in [4.69, 9.17) is 4.99 Å². The summed E-state index contributed by atoms with van der Waals surface area (Å²) < 4.78 is 0. The average Bonchev–Trinajstić information content (AvgIpc) is 2.60. The van der Waals surface area contributed by atoms with E-state index in [-0.39, 0.29) is 0 Å². The third-order valence-electron chi connectivity index (χ3n) is 3.82. The number of nitrogens with zero attached hydrogens (tertiary/aromatic N) is 3. The van der Waals surface area contributed by atoms with Gasteiger partial charge in [-0.3, -0.25) is 4.99 Å². The van der Waals surface area contributed by atoms with Crippen LogP contribution in [0.25, 0.3) is 0 Å². The third kappa shape index (κ3) is 2.69. The van der Waals surface area contributed by atoms with Gasteiger partial charge in [0.1, 0.15) is 0 Å². The van der Waals surface area contributed by atoms with E-state index in [1.807, 2.05) is 0 Å². The second-order valence-corrected chi connectivity index (χ2v) is 5.66. The molecule has 0 spiro atoms. The highest BCUT2D eigenvalue weighted by Gasteiger charge is 2.20.